The standard InChI is InChI=1S/C24H34N4O3/c1-17(2)25-24(30)28(20-9-6-5-7-10-20)16-18-15-19(12-13-21(18)27(3)4)26-23(29)22-11-8-14-31-22/h8,11-15,17,20H,5-7,9-10,16H2,1-4H3,(H,25,30)(H,26,29). The number of furan rings is 1. The summed E-state index contributed by atoms with van der Waals surface area (Å²) in [6.07, 6.45) is 7.06. The number of anilines is 2. The maximum absolute atomic E-state index is 13.1. The van der Waals surface area contributed by atoms with Gasteiger partial charge in [0.2, 0.25) is 0 Å². The van der Waals surface area contributed by atoms with Gasteiger partial charge in [-0.2, -0.15) is 0 Å². The van der Waals surface area contributed by atoms with Crippen molar-refractivity contribution >= 4 is 23.3 Å². The van der Waals surface area contributed by atoms with E-state index in [1.54, 1.807) is 12.1 Å². The van der Waals surface area contributed by atoms with Gasteiger partial charge < -0.3 is 24.9 Å². The summed E-state index contributed by atoms with van der Waals surface area (Å²) in [4.78, 5) is 29.5. The topological polar surface area (TPSA) is 77.8 Å². The smallest absolute Gasteiger partial charge is 0.318 e. The molecule has 1 aliphatic carbocycles. The Morgan fingerprint density at radius 3 is 2.48 bits per heavy atom. The fourth-order valence-corrected chi connectivity index (χ4v) is 4.10. The second-order valence-corrected chi connectivity index (χ2v) is 8.69. The highest BCUT2D eigenvalue weighted by Crippen LogP contribution is 2.29. The molecule has 0 atom stereocenters. The Bertz CT molecular complexity index is 871. The van der Waals surface area contributed by atoms with Crippen molar-refractivity contribution in [3.8, 4) is 0 Å². The quantitative estimate of drug-likeness (QED) is 0.663. The van der Waals surface area contributed by atoms with Crippen molar-refractivity contribution in [3.05, 3.63) is 47.9 Å². The van der Waals surface area contributed by atoms with E-state index >= 15 is 0 Å². The lowest BCUT2D eigenvalue weighted by atomic mass is 9.94. The molecule has 0 radical (unpaired) electrons. The minimum Gasteiger partial charge on any atom is -0.459 e. The summed E-state index contributed by atoms with van der Waals surface area (Å²) >= 11 is 0. The van der Waals surface area contributed by atoms with Crippen molar-refractivity contribution in [2.45, 2.75) is 64.6 Å². The molecule has 1 aromatic carbocycles. The van der Waals surface area contributed by atoms with Crippen LogP contribution in [0.1, 0.15) is 62.1 Å². The Labute approximate surface area is 184 Å². The molecule has 2 aromatic rings. The van der Waals surface area contributed by atoms with Gasteiger partial charge in [-0.25, -0.2) is 4.79 Å². The maximum Gasteiger partial charge on any atom is 0.318 e. The number of urea groups is 1. The zero-order valence-electron chi connectivity index (χ0n) is 19.0. The highest BCUT2D eigenvalue weighted by Gasteiger charge is 2.27. The van der Waals surface area contributed by atoms with Crippen molar-refractivity contribution in [2.75, 3.05) is 24.3 Å². The molecule has 0 saturated heterocycles. The lowest BCUT2D eigenvalue weighted by Gasteiger charge is -2.36. The molecule has 0 spiro atoms. The van der Waals surface area contributed by atoms with Gasteiger partial charge in [0.15, 0.2) is 5.76 Å². The molecule has 31 heavy (non-hydrogen) atoms. The van der Waals surface area contributed by atoms with E-state index in [1.807, 2.05) is 55.9 Å². The summed E-state index contributed by atoms with van der Waals surface area (Å²) in [5.74, 6) is -0.0337. The molecule has 3 amide bonds. The van der Waals surface area contributed by atoms with Gasteiger partial charge in [0.05, 0.1) is 6.26 Å². The molecular formula is C24H34N4O3. The SMILES string of the molecule is CC(C)NC(=O)N(Cc1cc(NC(=O)c2ccco2)ccc1N(C)C)C1CCCCC1. The molecule has 1 saturated carbocycles. The Balaban J connectivity index is 1.87. The van der Waals surface area contributed by atoms with Gasteiger partial charge >= 0.3 is 6.03 Å². The van der Waals surface area contributed by atoms with Crippen LogP contribution in [0.4, 0.5) is 16.2 Å². The van der Waals surface area contributed by atoms with E-state index in [0.29, 0.717) is 12.2 Å². The molecule has 168 valence electrons. The molecule has 0 bridgehead atoms. The van der Waals surface area contributed by atoms with Gasteiger partial charge in [0.1, 0.15) is 0 Å². The average Bonchev–Trinajstić information content (AvgIpc) is 3.27. The van der Waals surface area contributed by atoms with Crippen LogP contribution in [0.3, 0.4) is 0 Å². The Kier molecular flexibility index (Phi) is 7.60. The van der Waals surface area contributed by atoms with Gasteiger partial charge in [0, 0.05) is 44.1 Å². The Morgan fingerprint density at radius 2 is 1.87 bits per heavy atom. The highest BCUT2D eigenvalue weighted by atomic mass is 16.3. The second kappa shape index (κ2) is 10.4. The zero-order chi connectivity index (χ0) is 22.4. The van der Waals surface area contributed by atoms with E-state index in [4.69, 9.17) is 4.42 Å². The highest BCUT2D eigenvalue weighted by molar-refractivity contribution is 6.02. The summed E-state index contributed by atoms with van der Waals surface area (Å²) in [7, 11) is 3.97. The number of hydrogen-bond acceptors (Lipinski definition) is 4. The molecule has 3 rings (SSSR count). The summed E-state index contributed by atoms with van der Waals surface area (Å²) in [5.41, 5.74) is 2.69. The largest absolute Gasteiger partial charge is 0.459 e. The number of benzene rings is 1. The van der Waals surface area contributed by atoms with E-state index in [0.717, 1.165) is 36.9 Å². The minimum absolute atomic E-state index is 0.0309. The zero-order valence-corrected chi connectivity index (χ0v) is 19.0. The third kappa shape index (κ3) is 6.03. The third-order valence-electron chi connectivity index (χ3n) is 5.59. The monoisotopic (exact) mass is 426 g/mol. The molecule has 7 heteroatoms. The molecule has 7 nitrogen and oxygen atoms in total. The Morgan fingerprint density at radius 1 is 1.13 bits per heavy atom. The first-order valence-electron chi connectivity index (χ1n) is 11.1. The summed E-state index contributed by atoms with van der Waals surface area (Å²) in [6, 6.07) is 9.39. The van der Waals surface area contributed by atoms with Crippen LogP contribution in [0, 0.1) is 0 Å². The van der Waals surface area contributed by atoms with Crippen LogP contribution in [-0.2, 0) is 6.54 Å². The number of nitrogens with zero attached hydrogens (tertiary/aromatic N) is 2. The fourth-order valence-electron chi connectivity index (χ4n) is 4.10. The predicted octanol–water partition coefficient (Wildman–Crippen LogP) is 4.85. The molecule has 1 fully saturated rings. The van der Waals surface area contributed by atoms with Gasteiger partial charge in [0.25, 0.3) is 5.91 Å². The van der Waals surface area contributed by atoms with Gasteiger partial charge in [-0.05, 0) is 62.6 Å². The van der Waals surface area contributed by atoms with E-state index in [9.17, 15) is 9.59 Å². The van der Waals surface area contributed by atoms with E-state index < -0.39 is 0 Å². The molecule has 1 aliphatic rings. The van der Waals surface area contributed by atoms with Crippen molar-refractivity contribution in [1.29, 1.82) is 0 Å². The summed E-state index contributed by atoms with van der Waals surface area (Å²) in [6.45, 7) is 4.45. The van der Waals surface area contributed by atoms with Crippen LogP contribution in [0.5, 0.6) is 0 Å². The maximum atomic E-state index is 13.1. The number of nitrogens with one attached hydrogen (secondary N) is 2. The lowest BCUT2D eigenvalue weighted by molar-refractivity contribution is 0.0996. The first kappa shape index (κ1) is 22.7. The lowest BCUT2D eigenvalue weighted by Crippen LogP contribution is -2.48. The van der Waals surface area contributed by atoms with Gasteiger partial charge in [-0.15, -0.1) is 0 Å². The van der Waals surface area contributed by atoms with Crippen molar-refractivity contribution in [2.24, 2.45) is 0 Å². The van der Waals surface area contributed by atoms with Crippen molar-refractivity contribution in [1.82, 2.24) is 10.2 Å². The number of hydrogen-bond donors (Lipinski definition) is 2. The van der Waals surface area contributed by atoms with E-state index in [-0.39, 0.29) is 29.8 Å². The van der Waals surface area contributed by atoms with E-state index in [1.165, 1.54) is 12.7 Å². The van der Waals surface area contributed by atoms with Crippen LogP contribution in [0.15, 0.2) is 41.0 Å². The number of carbonyl (C=O) groups is 2. The minimum atomic E-state index is -0.296. The molecular weight excluding hydrogens is 392 g/mol. The first-order valence-corrected chi connectivity index (χ1v) is 11.1. The summed E-state index contributed by atoms with van der Waals surface area (Å²) in [5, 5.41) is 5.96. The number of amides is 3. The molecule has 2 N–H and O–H groups in total. The van der Waals surface area contributed by atoms with E-state index in [2.05, 4.69) is 10.6 Å². The van der Waals surface area contributed by atoms with Gasteiger partial charge in [-0.3, -0.25) is 4.79 Å². The average molecular weight is 427 g/mol. The normalized spacial score (nSPS) is 14.4. The first-order chi connectivity index (χ1) is 14.8. The number of carbonyl (C=O) groups excluding carboxylic acids is 2. The van der Waals surface area contributed by atoms with Crippen LogP contribution in [0.25, 0.3) is 0 Å². The van der Waals surface area contributed by atoms with Crippen LogP contribution in [-0.4, -0.2) is 43.0 Å². The fraction of sp³-hybridized carbons (Fsp3) is 0.500. The van der Waals surface area contributed by atoms with Crippen LogP contribution >= 0.6 is 0 Å². The van der Waals surface area contributed by atoms with Gasteiger partial charge in [-0.1, -0.05) is 19.3 Å². The molecule has 0 unspecified atom stereocenters. The summed E-state index contributed by atoms with van der Waals surface area (Å²) < 4.78 is 5.19. The second-order valence-electron chi connectivity index (χ2n) is 8.69. The number of rotatable bonds is 7. The predicted molar refractivity (Wildman–Crippen MR) is 124 cm³/mol. The molecule has 0 aliphatic heterocycles. The van der Waals surface area contributed by atoms with Crippen molar-refractivity contribution < 1.29 is 14.0 Å². The van der Waals surface area contributed by atoms with Crippen molar-refractivity contribution in [3.63, 3.8) is 0 Å². The molecule has 1 aromatic heterocycles. The Hall–Kier alpha value is -2.96. The van der Waals surface area contributed by atoms with Crippen LogP contribution in [0.2, 0.25) is 0 Å². The molecule has 1 heterocycles. The third-order valence-corrected chi connectivity index (χ3v) is 5.59. The van der Waals surface area contributed by atoms with Crippen LogP contribution < -0.4 is 15.5 Å².